The van der Waals surface area contributed by atoms with Crippen molar-refractivity contribution in [2.24, 2.45) is 0 Å². The highest BCUT2D eigenvalue weighted by Gasteiger charge is 2.27. The smallest absolute Gasteiger partial charge is 0.307 e. The SMILES string of the molecule is O=C(O)Cc1cccc(NC(=O)[C@@H]2CCC(=O)N2)c1. The minimum absolute atomic E-state index is 0.0934. The van der Waals surface area contributed by atoms with Crippen LogP contribution in [-0.2, 0) is 20.8 Å². The largest absolute Gasteiger partial charge is 0.481 e. The van der Waals surface area contributed by atoms with Gasteiger partial charge in [-0.25, -0.2) is 0 Å². The Hall–Kier alpha value is -2.37. The van der Waals surface area contributed by atoms with Crippen molar-refractivity contribution in [3.63, 3.8) is 0 Å². The lowest BCUT2D eigenvalue weighted by Crippen LogP contribution is -2.37. The molecule has 3 N–H and O–H groups in total. The van der Waals surface area contributed by atoms with Crippen molar-refractivity contribution in [2.45, 2.75) is 25.3 Å². The number of carbonyl (C=O) groups is 3. The lowest BCUT2D eigenvalue weighted by Gasteiger charge is -2.11. The first-order valence-corrected chi connectivity index (χ1v) is 5.95. The van der Waals surface area contributed by atoms with E-state index in [0.717, 1.165) is 0 Å². The van der Waals surface area contributed by atoms with Crippen molar-refractivity contribution in [1.82, 2.24) is 5.32 Å². The summed E-state index contributed by atoms with van der Waals surface area (Å²) in [5, 5.41) is 14.0. The Balaban J connectivity index is 2.00. The predicted molar refractivity (Wildman–Crippen MR) is 67.6 cm³/mol. The molecule has 0 unspecified atom stereocenters. The average molecular weight is 262 g/mol. The minimum Gasteiger partial charge on any atom is -0.481 e. The third-order valence-electron chi connectivity index (χ3n) is 2.86. The molecule has 0 aliphatic carbocycles. The summed E-state index contributed by atoms with van der Waals surface area (Å²) in [6.07, 6.45) is 0.750. The zero-order valence-corrected chi connectivity index (χ0v) is 10.2. The van der Waals surface area contributed by atoms with Crippen LogP contribution in [0.3, 0.4) is 0 Å². The van der Waals surface area contributed by atoms with E-state index in [0.29, 0.717) is 24.1 Å². The quantitative estimate of drug-likeness (QED) is 0.737. The molecule has 1 heterocycles. The molecule has 1 atom stereocenters. The molecule has 1 saturated heterocycles. The molecule has 1 aliphatic rings. The number of carboxylic acid groups (broad SMARTS) is 1. The van der Waals surface area contributed by atoms with E-state index < -0.39 is 12.0 Å². The molecule has 0 spiro atoms. The van der Waals surface area contributed by atoms with Crippen LogP contribution in [0.4, 0.5) is 5.69 Å². The number of hydrogen-bond acceptors (Lipinski definition) is 3. The fourth-order valence-electron chi connectivity index (χ4n) is 1.97. The van der Waals surface area contributed by atoms with Gasteiger partial charge < -0.3 is 15.7 Å². The second-order valence-corrected chi connectivity index (χ2v) is 4.42. The zero-order valence-electron chi connectivity index (χ0n) is 10.2. The van der Waals surface area contributed by atoms with Crippen LogP contribution in [0, 0.1) is 0 Å². The second-order valence-electron chi connectivity index (χ2n) is 4.42. The first kappa shape index (κ1) is 13.1. The van der Waals surface area contributed by atoms with Crippen LogP contribution in [0.25, 0.3) is 0 Å². The fraction of sp³-hybridized carbons (Fsp3) is 0.308. The third kappa shape index (κ3) is 3.54. The maximum absolute atomic E-state index is 11.9. The summed E-state index contributed by atoms with van der Waals surface area (Å²) in [5.74, 6) is -1.33. The van der Waals surface area contributed by atoms with Crippen LogP contribution in [0.2, 0.25) is 0 Å². The molecule has 100 valence electrons. The second kappa shape index (κ2) is 5.51. The molecule has 2 amide bonds. The van der Waals surface area contributed by atoms with Crippen molar-refractivity contribution in [3.8, 4) is 0 Å². The highest BCUT2D eigenvalue weighted by molar-refractivity contribution is 5.99. The van der Waals surface area contributed by atoms with Crippen LogP contribution in [0.15, 0.2) is 24.3 Å². The maximum atomic E-state index is 11.9. The molecule has 1 aliphatic heterocycles. The number of hydrogen-bond donors (Lipinski definition) is 3. The van der Waals surface area contributed by atoms with E-state index in [4.69, 9.17) is 5.11 Å². The molecule has 6 nitrogen and oxygen atoms in total. The van der Waals surface area contributed by atoms with Crippen molar-refractivity contribution < 1.29 is 19.5 Å². The van der Waals surface area contributed by atoms with Crippen LogP contribution >= 0.6 is 0 Å². The molecular weight excluding hydrogens is 248 g/mol. The highest BCUT2D eigenvalue weighted by Crippen LogP contribution is 2.14. The summed E-state index contributed by atoms with van der Waals surface area (Å²) in [4.78, 5) is 33.5. The van der Waals surface area contributed by atoms with Gasteiger partial charge in [-0.15, -0.1) is 0 Å². The van der Waals surface area contributed by atoms with Crippen molar-refractivity contribution in [1.29, 1.82) is 0 Å². The Morgan fingerprint density at radius 3 is 2.84 bits per heavy atom. The maximum Gasteiger partial charge on any atom is 0.307 e. The summed E-state index contributed by atoms with van der Waals surface area (Å²) >= 11 is 0. The summed E-state index contributed by atoms with van der Waals surface area (Å²) in [6, 6.07) is 6.15. The monoisotopic (exact) mass is 262 g/mol. The van der Waals surface area contributed by atoms with E-state index >= 15 is 0 Å². The fourth-order valence-corrected chi connectivity index (χ4v) is 1.97. The predicted octanol–water partition coefficient (Wildman–Crippen LogP) is 0.531. The third-order valence-corrected chi connectivity index (χ3v) is 2.86. The number of carbonyl (C=O) groups excluding carboxylic acids is 2. The lowest BCUT2D eigenvalue weighted by molar-refractivity contribution is -0.136. The van der Waals surface area contributed by atoms with Gasteiger partial charge in [0.2, 0.25) is 11.8 Å². The van der Waals surface area contributed by atoms with Gasteiger partial charge in [-0.1, -0.05) is 12.1 Å². The van der Waals surface area contributed by atoms with Crippen molar-refractivity contribution >= 4 is 23.5 Å². The Morgan fingerprint density at radius 1 is 1.42 bits per heavy atom. The number of amides is 2. The van der Waals surface area contributed by atoms with Gasteiger partial charge >= 0.3 is 5.97 Å². The molecule has 2 rings (SSSR count). The van der Waals surface area contributed by atoms with Gasteiger partial charge in [-0.05, 0) is 24.1 Å². The van der Waals surface area contributed by atoms with Gasteiger partial charge in [0, 0.05) is 12.1 Å². The lowest BCUT2D eigenvalue weighted by atomic mass is 10.1. The number of aliphatic carboxylic acids is 1. The van der Waals surface area contributed by atoms with Crippen LogP contribution in [0.1, 0.15) is 18.4 Å². The molecule has 6 heteroatoms. The Bertz CT molecular complexity index is 527. The number of rotatable bonds is 4. The number of nitrogens with one attached hydrogen (secondary N) is 2. The molecule has 0 radical (unpaired) electrons. The molecule has 0 aromatic heterocycles. The van der Waals surface area contributed by atoms with Gasteiger partial charge in [0.25, 0.3) is 0 Å². The normalized spacial score (nSPS) is 17.9. The first-order valence-electron chi connectivity index (χ1n) is 5.95. The van der Waals surface area contributed by atoms with Gasteiger partial charge in [0.15, 0.2) is 0 Å². The van der Waals surface area contributed by atoms with Crippen LogP contribution < -0.4 is 10.6 Å². The molecule has 1 fully saturated rings. The van der Waals surface area contributed by atoms with Gasteiger partial charge in [-0.3, -0.25) is 14.4 Å². The van der Waals surface area contributed by atoms with E-state index in [9.17, 15) is 14.4 Å². The van der Waals surface area contributed by atoms with E-state index in [1.165, 1.54) is 0 Å². The Kier molecular flexibility index (Phi) is 3.79. The summed E-state index contributed by atoms with van der Waals surface area (Å²) in [7, 11) is 0. The molecule has 0 saturated carbocycles. The summed E-state index contributed by atoms with van der Waals surface area (Å²) < 4.78 is 0. The van der Waals surface area contributed by atoms with Gasteiger partial charge in [-0.2, -0.15) is 0 Å². The highest BCUT2D eigenvalue weighted by atomic mass is 16.4. The van der Waals surface area contributed by atoms with Crippen LogP contribution in [-0.4, -0.2) is 28.9 Å². The summed E-state index contributed by atoms with van der Waals surface area (Å²) in [6.45, 7) is 0. The molecular formula is C13H14N2O4. The standard InChI is InChI=1S/C13H14N2O4/c16-11-5-4-10(15-11)13(19)14-9-3-1-2-8(6-9)7-12(17)18/h1-3,6,10H,4-5,7H2,(H,14,19)(H,15,16)(H,17,18)/t10-/m0/s1. The average Bonchev–Trinajstić information content (AvgIpc) is 2.75. The topological polar surface area (TPSA) is 95.5 Å². The van der Waals surface area contributed by atoms with E-state index in [1.54, 1.807) is 24.3 Å². The van der Waals surface area contributed by atoms with Crippen molar-refractivity contribution in [3.05, 3.63) is 29.8 Å². The van der Waals surface area contributed by atoms with Gasteiger partial charge in [0.05, 0.1) is 6.42 Å². The van der Waals surface area contributed by atoms with Gasteiger partial charge in [0.1, 0.15) is 6.04 Å². The van der Waals surface area contributed by atoms with E-state index in [1.807, 2.05) is 0 Å². The van der Waals surface area contributed by atoms with E-state index in [2.05, 4.69) is 10.6 Å². The Labute approximate surface area is 109 Å². The van der Waals surface area contributed by atoms with Crippen molar-refractivity contribution in [2.75, 3.05) is 5.32 Å². The zero-order chi connectivity index (χ0) is 13.8. The number of anilines is 1. The summed E-state index contributed by atoms with van der Waals surface area (Å²) in [5.41, 5.74) is 1.14. The number of carboxylic acids is 1. The minimum atomic E-state index is -0.925. The van der Waals surface area contributed by atoms with E-state index in [-0.39, 0.29) is 18.2 Å². The van der Waals surface area contributed by atoms with Crippen LogP contribution in [0.5, 0.6) is 0 Å². The Morgan fingerprint density at radius 2 is 2.21 bits per heavy atom. The molecule has 0 bridgehead atoms. The molecule has 19 heavy (non-hydrogen) atoms. The first-order chi connectivity index (χ1) is 9.04. The number of benzene rings is 1. The molecule has 1 aromatic rings. The molecule has 1 aromatic carbocycles.